The second-order valence-electron chi connectivity index (χ2n) is 6.32. The molecule has 0 atom stereocenters. The van der Waals surface area contributed by atoms with Crippen molar-refractivity contribution < 1.29 is 28.2 Å². The number of hydrogen-bond acceptors (Lipinski definition) is 5. The van der Waals surface area contributed by atoms with E-state index in [1.807, 2.05) is 32.0 Å². The Labute approximate surface area is 168 Å². The molecule has 0 saturated heterocycles. The lowest BCUT2D eigenvalue weighted by molar-refractivity contribution is -0.147. The molecule has 29 heavy (non-hydrogen) atoms. The maximum atomic E-state index is 13.1. The Morgan fingerprint density at radius 3 is 2.55 bits per heavy atom. The van der Waals surface area contributed by atoms with E-state index in [4.69, 9.17) is 9.47 Å². The summed E-state index contributed by atoms with van der Waals surface area (Å²) in [5.74, 6) is -1.70. The number of amides is 2. The van der Waals surface area contributed by atoms with E-state index < -0.39 is 36.8 Å². The van der Waals surface area contributed by atoms with Gasteiger partial charge in [0.25, 0.3) is 11.8 Å². The number of halogens is 1. The first kappa shape index (κ1) is 21.9. The van der Waals surface area contributed by atoms with Crippen LogP contribution in [0.1, 0.15) is 21.5 Å². The quantitative estimate of drug-likeness (QED) is 0.494. The Morgan fingerprint density at radius 2 is 1.83 bits per heavy atom. The van der Waals surface area contributed by atoms with E-state index in [-0.39, 0.29) is 18.7 Å². The van der Waals surface area contributed by atoms with Crippen molar-refractivity contribution >= 4 is 17.8 Å². The van der Waals surface area contributed by atoms with Crippen molar-refractivity contribution in [3.05, 3.63) is 65.0 Å². The highest BCUT2D eigenvalue weighted by atomic mass is 19.1. The SMILES string of the molecule is Cc1ccc(OCCNC(=O)COC(=O)CNC(=O)c2cccc(F)c2)c(C)c1. The van der Waals surface area contributed by atoms with Crippen molar-refractivity contribution in [2.75, 3.05) is 26.3 Å². The molecule has 2 amide bonds. The molecular weight excluding hydrogens is 379 g/mol. The third-order valence-corrected chi connectivity index (χ3v) is 3.86. The highest BCUT2D eigenvalue weighted by Crippen LogP contribution is 2.18. The summed E-state index contributed by atoms with van der Waals surface area (Å²) in [6.45, 7) is 3.54. The fraction of sp³-hybridized carbons (Fsp3) is 0.286. The molecule has 8 heteroatoms. The molecule has 0 radical (unpaired) electrons. The van der Waals surface area contributed by atoms with Gasteiger partial charge in [0.1, 0.15) is 24.7 Å². The third kappa shape index (κ3) is 7.61. The number of hydrogen-bond donors (Lipinski definition) is 2. The van der Waals surface area contributed by atoms with Gasteiger partial charge < -0.3 is 20.1 Å². The van der Waals surface area contributed by atoms with E-state index in [2.05, 4.69) is 10.6 Å². The summed E-state index contributed by atoms with van der Waals surface area (Å²) in [4.78, 5) is 35.1. The first-order valence-corrected chi connectivity index (χ1v) is 9.01. The van der Waals surface area contributed by atoms with E-state index in [1.165, 1.54) is 18.2 Å². The number of carbonyl (C=O) groups is 3. The monoisotopic (exact) mass is 402 g/mol. The van der Waals surface area contributed by atoms with E-state index in [1.54, 1.807) is 0 Å². The molecule has 0 saturated carbocycles. The maximum Gasteiger partial charge on any atom is 0.325 e. The molecule has 2 aromatic carbocycles. The standard InChI is InChI=1S/C21H23FN2O5/c1-14-6-7-18(15(2)10-14)28-9-8-23-19(25)13-29-20(26)12-24-21(27)16-4-3-5-17(22)11-16/h3-7,10-11H,8-9,12-13H2,1-2H3,(H,23,25)(H,24,27). The number of benzene rings is 2. The molecule has 0 heterocycles. The highest BCUT2D eigenvalue weighted by Gasteiger charge is 2.11. The van der Waals surface area contributed by atoms with Crippen molar-refractivity contribution in [1.29, 1.82) is 0 Å². The van der Waals surface area contributed by atoms with Crippen LogP contribution in [-0.4, -0.2) is 44.1 Å². The maximum absolute atomic E-state index is 13.1. The summed E-state index contributed by atoms with van der Waals surface area (Å²) in [6, 6.07) is 10.9. The first-order valence-electron chi connectivity index (χ1n) is 9.01. The minimum atomic E-state index is -0.781. The Morgan fingerprint density at radius 1 is 1.03 bits per heavy atom. The van der Waals surface area contributed by atoms with Crippen LogP contribution in [0.2, 0.25) is 0 Å². The lowest BCUT2D eigenvalue weighted by Crippen LogP contribution is -2.35. The summed E-state index contributed by atoms with van der Waals surface area (Å²) in [6.07, 6.45) is 0. The Kier molecular flexibility index (Phi) is 8.14. The van der Waals surface area contributed by atoms with Crippen molar-refractivity contribution in [2.45, 2.75) is 13.8 Å². The van der Waals surface area contributed by atoms with Crippen LogP contribution < -0.4 is 15.4 Å². The molecule has 2 N–H and O–H groups in total. The van der Waals surface area contributed by atoms with E-state index >= 15 is 0 Å². The zero-order valence-corrected chi connectivity index (χ0v) is 16.3. The van der Waals surface area contributed by atoms with Crippen LogP contribution >= 0.6 is 0 Å². The summed E-state index contributed by atoms with van der Waals surface area (Å²) < 4.78 is 23.4. The molecule has 0 spiro atoms. The third-order valence-electron chi connectivity index (χ3n) is 3.86. The minimum absolute atomic E-state index is 0.0827. The fourth-order valence-corrected chi connectivity index (χ4v) is 2.45. The van der Waals surface area contributed by atoms with Gasteiger partial charge in [-0.1, -0.05) is 23.8 Å². The van der Waals surface area contributed by atoms with Gasteiger partial charge in [-0.3, -0.25) is 14.4 Å². The van der Waals surface area contributed by atoms with Crippen LogP contribution in [-0.2, 0) is 14.3 Å². The van der Waals surface area contributed by atoms with Crippen molar-refractivity contribution in [2.24, 2.45) is 0 Å². The molecule has 154 valence electrons. The molecule has 0 bridgehead atoms. The fourth-order valence-electron chi connectivity index (χ4n) is 2.45. The minimum Gasteiger partial charge on any atom is -0.491 e. The molecule has 2 rings (SSSR count). The second-order valence-corrected chi connectivity index (χ2v) is 6.32. The number of ether oxygens (including phenoxy) is 2. The summed E-state index contributed by atoms with van der Waals surface area (Å²) in [5, 5.41) is 4.86. The molecule has 0 aliphatic heterocycles. The predicted octanol–water partition coefficient (Wildman–Crippen LogP) is 1.91. The zero-order chi connectivity index (χ0) is 21.2. The van der Waals surface area contributed by atoms with Crippen LogP contribution in [0.25, 0.3) is 0 Å². The Hall–Kier alpha value is -3.42. The van der Waals surface area contributed by atoms with Crippen LogP contribution in [0, 0.1) is 19.7 Å². The van der Waals surface area contributed by atoms with E-state index in [9.17, 15) is 18.8 Å². The largest absolute Gasteiger partial charge is 0.491 e. The summed E-state index contributed by atoms with van der Waals surface area (Å²) in [5.41, 5.74) is 2.22. The molecule has 7 nitrogen and oxygen atoms in total. The van der Waals surface area contributed by atoms with Crippen LogP contribution in [0.15, 0.2) is 42.5 Å². The Bertz CT molecular complexity index is 885. The average Bonchev–Trinajstić information content (AvgIpc) is 2.69. The Balaban J connectivity index is 1.60. The normalized spacial score (nSPS) is 10.2. The van der Waals surface area contributed by atoms with Crippen LogP contribution in [0.4, 0.5) is 4.39 Å². The molecule has 0 unspecified atom stereocenters. The molecule has 0 aromatic heterocycles. The van der Waals surface area contributed by atoms with Crippen molar-refractivity contribution in [3.63, 3.8) is 0 Å². The number of rotatable bonds is 9. The molecule has 0 fully saturated rings. The lowest BCUT2D eigenvalue weighted by atomic mass is 10.1. The van der Waals surface area contributed by atoms with Gasteiger partial charge in [0.2, 0.25) is 0 Å². The highest BCUT2D eigenvalue weighted by molar-refractivity contribution is 5.96. The van der Waals surface area contributed by atoms with Gasteiger partial charge >= 0.3 is 5.97 Å². The van der Waals surface area contributed by atoms with Crippen LogP contribution in [0.5, 0.6) is 5.75 Å². The van der Waals surface area contributed by atoms with Gasteiger partial charge in [-0.15, -0.1) is 0 Å². The van der Waals surface area contributed by atoms with Crippen molar-refractivity contribution in [3.8, 4) is 5.75 Å². The van der Waals surface area contributed by atoms with Gasteiger partial charge in [0.05, 0.1) is 6.54 Å². The second kappa shape index (κ2) is 10.8. The van der Waals surface area contributed by atoms with Gasteiger partial charge in [-0.2, -0.15) is 0 Å². The zero-order valence-electron chi connectivity index (χ0n) is 16.3. The average molecular weight is 402 g/mol. The van der Waals surface area contributed by atoms with Gasteiger partial charge in [0.15, 0.2) is 6.61 Å². The topological polar surface area (TPSA) is 93.7 Å². The lowest BCUT2D eigenvalue weighted by Gasteiger charge is -2.11. The summed E-state index contributed by atoms with van der Waals surface area (Å²) in [7, 11) is 0. The van der Waals surface area contributed by atoms with Crippen molar-refractivity contribution in [1.82, 2.24) is 10.6 Å². The smallest absolute Gasteiger partial charge is 0.325 e. The van der Waals surface area contributed by atoms with E-state index in [0.29, 0.717) is 0 Å². The molecule has 0 aliphatic carbocycles. The number of aryl methyl sites for hydroxylation is 2. The molecule has 0 aliphatic rings. The van der Waals surface area contributed by atoms with E-state index in [0.717, 1.165) is 22.9 Å². The van der Waals surface area contributed by atoms with Gasteiger partial charge in [-0.05, 0) is 43.7 Å². The predicted molar refractivity (Wildman–Crippen MR) is 104 cm³/mol. The molecule has 2 aromatic rings. The van der Waals surface area contributed by atoms with Crippen LogP contribution in [0.3, 0.4) is 0 Å². The summed E-state index contributed by atoms with van der Waals surface area (Å²) >= 11 is 0. The molecular formula is C21H23FN2O5. The number of esters is 1. The number of carbonyl (C=O) groups excluding carboxylic acids is 3. The first-order chi connectivity index (χ1) is 13.8. The number of nitrogens with one attached hydrogen (secondary N) is 2. The van der Waals surface area contributed by atoms with Gasteiger partial charge in [0, 0.05) is 5.56 Å². The van der Waals surface area contributed by atoms with Gasteiger partial charge in [-0.25, -0.2) is 4.39 Å².